The molecule has 0 unspecified atom stereocenters. The maximum Gasteiger partial charge on any atom is 0.261 e. The fourth-order valence-corrected chi connectivity index (χ4v) is 3.58. The normalized spacial score (nSPS) is 10.9. The fourth-order valence-electron chi connectivity index (χ4n) is 2.52. The van der Waals surface area contributed by atoms with Gasteiger partial charge >= 0.3 is 0 Å². The van der Waals surface area contributed by atoms with E-state index >= 15 is 0 Å². The molecule has 0 radical (unpaired) electrons. The van der Waals surface area contributed by atoms with Crippen molar-refractivity contribution < 1.29 is 22.7 Å². The Labute approximate surface area is 174 Å². The van der Waals surface area contributed by atoms with Crippen LogP contribution in [0.2, 0.25) is 0 Å². The monoisotopic (exact) mass is 427 g/mol. The summed E-state index contributed by atoms with van der Waals surface area (Å²) in [5, 5.41) is 2.69. The van der Waals surface area contributed by atoms with Crippen LogP contribution in [-0.4, -0.2) is 33.0 Å². The van der Waals surface area contributed by atoms with Crippen LogP contribution in [0.15, 0.2) is 71.8 Å². The highest BCUT2D eigenvalue weighted by Gasteiger charge is 2.14. The summed E-state index contributed by atoms with van der Waals surface area (Å²) < 4.78 is 38.2. The highest BCUT2D eigenvalue weighted by molar-refractivity contribution is 7.92. The number of sulfonamides is 1. The van der Waals surface area contributed by atoms with Crippen molar-refractivity contribution in [3.05, 3.63) is 72.4 Å². The first-order valence-corrected chi connectivity index (χ1v) is 10.6. The largest absolute Gasteiger partial charge is 0.497 e. The van der Waals surface area contributed by atoms with Gasteiger partial charge in [-0.05, 0) is 61.5 Å². The van der Waals surface area contributed by atoms with Gasteiger partial charge in [-0.2, -0.15) is 0 Å². The molecular weight excluding hydrogens is 406 g/mol. The zero-order valence-electron chi connectivity index (χ0n) is 16.5. The predicted octanol–water partition coefficient (Wildman–Crippen LogP) is 3.43. The van der Waals surface area contributed by atoms with Gasteiger partial charge in [-0.15, -0.1) is 0 Å². The summed E-state index contributed by atoms with van der Waals surface area (Å²) in [5.41, 5.74) is 0.824. The van der Waals surface area contributed by atoms with Crippen LogP contribution in [-0.2, 0) is 10.0 Å². The Morgan fingerprint density at radius 2 is 1.63 bits per heavy atom. The van der Waals surface area contributed by atoms with Crippen LogP contribution >= 0.6 is 0 Å². The molecule has 3 aromatic rings. The topological polar surface area (TPSA) is 107 Å². The number of nitrogens with one attached hydrogen (secondary N) is 2. The Balaban J connectivity index is 1.65. The predicted molar refractivity (Wildman–Crippen MR) is 113 cm³/mol. The Bertz CT molecular complexity index is 1100. The van der Waals surface area contributed by atoms with Crippen molar-refractivity contribution >= 4 is 21.6 Å². The summed E-state index contributed by atoms with van der Waals surface area (Å²) in [4.78, 5) is 16.0. The summed E-state index contributed by atoms with van der Waals surface area (Å²) in [6, 6.07) is 15.7. The number of amides is 1. The molecule has 30 heavy (non-hydrogen) atoms. The molecular formula is C21H21N3O5S. The van der Waals surface area contributed by atoms with E-state index in [4.69, 9.17) is 9.47 Å². The van der Waals surface area contributed by atoms with E-state index in [9.17, 15) is 13.2 Å². The number of ether oxygens (including phenoxy) is 2. The third kappa shape index (κ3) is 5.26. The maximum atomic E-state index is 12.5. The van der Waals surface area contributed by atoms with Crippen LogP contribution in [0.4, 0.5) is 5.69 Å². The molecule has 0 aliphatic carbocycles. The number of benzene rings is 2. The van der Waals surface area contributed by atoms with E-state index in [0.29, 0.717) is 35.2 Å². The van der Waals surface area contributed by atoms with E-state index in [1.165, 1.54) is 25.4 Å². The molecule has 3 rings (SSSR count). The minimum absolute atomic E-state index is 0.125. The molecule has 0 aliphatic heterocycles. The molecule has 2 N–H and O–H groups in total. The first-order valence-electron chi connectivity index (χ1n) is 9.10. The average molecular weight is 427 g/mol. The zero-order valence-corrected chi connectivity index (χ0v) is 17.3. The van der Waals surface area contributed by atoms with Crippen LogP contribution in [0.1, 0.15) is 17.3 Å². The number of carbonyl (C=O) groups excluding carboxylic acids is 1. The molecule has 0 fully saturated rings. The average Bonchev–Trinajstić information content (AvgIpc) is 2.75. The van der Waals surface area contributed by atoms with E-state index in [1.54, 1.807) is 48.5 Å². The van der Waals surface area contributed by atoms with Crippen LogP contribution < -0.4 is 19.5 Å². The maximum absolute atomic E-state index is 12.5. The third-order valence-electron chi connectivity index (χ3n) is 4.03. The lowest BCUT2D eigenvalue weighted by Gasteiger charge is -2.10. The van der Waals surface area contributed by atoms with Crippen molar-refractivity contribution in [3.8, 4) is 17.4 Å². The third-order valence-corrected chi connectivity index (χ3v) is 5.43. The van der Waals surface area contributed by atoms with Gasteiger partial charge in [0.05, 0.1) is 17.6 Å². The number of carbonyl (C=O) groups is 1. The molecule has 8 nitrogen and oxygen atoms in total. The number of rotatable bonds is 8. The molecule has 1 aromatic heterocycles. The van der Waals surface area contributed by atoms with Crippen LogP contribution in [0.25, 0.3) is 0 Å². The van der Waals surface area contributed by atoms with E-state index < -0.39 is 10.0 Å². The molecule has 0 saturated heterocycles. The first-order chi connectivity index (χ1) is 14.4. The highest BCUT2D eigenvalue weighted by Crippen LogP contribution is 2.24. The highest BCUT2D eigenvalue weighted by atomic mass is 32.2. The SMILES string of the molecule is CCNC(=O)c1ccc(Oc2ccc(NS(=O)(=O)c3ccc(OC)cc3)cc2)nc1. The van der Waals surface area contributed by atoms with E-state index in [-0.39, 0.29) is 10.8 Å². The lowest BCUT2D eigenvalue weighted by atomic mass is 10.2. The standard InChI is InChI=1S/C21H21N3O5S/c1-3-22-21(25)15-4-13-20(23-14-15)29-18-7-5-16(6-8-18)24-30(26,27)19-11-9-17(28-2)10-12-19/h4-14,24H,3H2,1-2H3,(H,22,25). The van der Waals surface area contributed by atoms with Crippen molar-refractivity contribution in [3.63, 3.8) is 0 Å². The number of anilines is 1. The lowest BCUT2D eigenvalue weighted by Crippen LogP contribution is -2.22. The lowest BCUT2D eigenvalue weighted by molar-refractivity contribution is 0.0955. The van der Waals surface area contributed by atoms with Gasteiger partial charge in [0.1, 0.15) is 11.5 Å². The first kappa shape index (κ1) is 21.1. The van der Waals surface area contributed by atoms with Crippen LogP contribution in [0.5, 0.6) is 17.4 Å². The van der Waals surface area contributed by atoms with Crippen LogP contribution in [0, 0.1) is 0 Å². The van der Waals surface area contributed by atoms with Gasteiger partial charge in [0.2, 0.25) is 5.88 Å². The number of hydrogen-bond donors (Lipinski definition) is 2. The molecule has 1 heterocycles. The minimum atomic E-state index is -3.72. The zero-order chi connectivity index (χ0) is 21.6. The molecule has 0 aliphatic rings. The Kier molecular flexibility index (Phi) is 6.53. The molecule has 9 heteroatoms. The second-order valence-corrected chi connectivity index (χ2v) is 7.83. The number of aromatic nitrogens is 1. The molecule has 0 saturated carbocycles. The molecule has 2 aromatic carbocycles. The summed E-state index contributed by atoms with van der Waals surface area (Å²) in [5.74, 6) is 1.16. The van der Waals surface area contributed by atoms with E-state index in [2.05, 4.69) is 15.0 Å². The van der Waals surface area contributed by atoms with Gasteiger partial charge in [0, 0.05) is 24.5 Å². The number of methoxy groups -OCH3 is 1. The van der Waals surface area contributed by atoms with Crippen molar-refractivity contribution in [2.45, 2.75) is 11.8 Å². The molecule has 0 bridgehead atoms. The van der Waals surface area contributed by atoms with Crippen molar-refractivity contribution in [1.82, 2.24) is 10.3 Å². The Morgan fingerprint density at radius 3 is 2.20 bits per heavy atom. The van der Waals surface area contributed by atoms with Gasteiger partial charge in [-0.25, -0.2) is 13.4 Å². The fraction of sp³-hybridized carbons (Fsp3) is 0.143. The van der Waals surface area contributed by atoms with Gasteiger partial charge < -0.3 is 14.8 Å². The smallest absolute Gasteiger partial charge is 0.261 e. The quantitative estimate of drug-likeness (QED) is 0.570. The summed E-state index contributed by atoms with van der Waals surface area (Å²) in [6.45, 7) is 2.37. The van der Waals surface area contributed by atoms with Gasteiger partial charge in [0.25, 0.3) is 15.9 Å². The molecule has 0 atom stereocenters. The van der Waals surface area contributed by atoms with Gasteiger partial charge in [0.15, 0.2) is 0 Å². The minimum Gasteiger partial charge on any atom is -0.497 e. The summed E-state index contributed by atoms with van der Waals surface area (Å²) in [7, 11) is -2.21. The van der Waals surface area contributed by atoms with Crippen molar-refractivity contribution in [2.24, 2.45) is 0 Å². The second-order valence-electron chi connectivity index (χ2n) is 6.15. The van der Waals surface area contributed by atoms with Gasteiger partial charge in [-0.1, -0.05) is 0 Å². The van der Waals surface area contributed by atoms with E-state index in [0.717, 1.165) is 0 Å². The van der Waals surface area contributed by atoms with Crippen molar-refractivity contribution in [1.29, 1.82) is 0 Å². The summed E-state index contributed by atoms with van der Waals surface area (Å²) >= 11 is 0. The molecule has 0 spiro atoms. The summed E-state index contributed by atoms with van der Waals surface area (Å²) in [6.07, 6.45) is 1.43. The Hall–Kier alpha value is -3.59. The molecule has 1 amide bonds. The van der Waals surface area contributed by atoms with Gasteiger partial charge in [-0.3, -0.25) is 9.52 Å². The van der Waals surface area contributed by atoms with Crippen LogP contribution in [0.3, 0.4) is 0 Å². The second kappa shape index (κ2) is 9.27. The van der Waals surface area contributed by atoms with Crippen molar-refractivity contribution in [2.75, 3.05) is 18.4 Å². The van der Waals surface area contributed by atoms with E-state index in [1.807, 2.05) is 6.92 Å². The number of pyridine rings is 1. The number of nitrogens with zero attached hydrogens (tertiary/aromatic N) is 1. The molecule has 156 valence electrons. The Morgan fingerprint density at radius 1 is 0.967 bits per heavy atom. The number of hydrogen-bond acceptors (Lipinski definition) is 6.